The van der Waals surface area contributed by atoms with Crippen molar-refractivity contribution < 1.29 is 14.0 Å². The molecule has 7 heteroatoms. The zero-order valence-corrected chi connectivity index (χ0v) is 16.0. The van der Waals surface area contributed by atoms with Crippen LogP contribution in [0.3, 0.4) is 0 Å². The summed E-state index contributed by atoms with van der Waals surface area (Å²) in [6, 6.07) is 9.45. The van der Waals surface area contributed by atoms with E-state index in [9.17, 15) is 9.59 Å². The van der Waals surface area contributed by atoms with Gasteiger partial charge >= 0.3 is 0 Å². The fourth-order valence-electron chi connectivity index (χ4n) is 4.28. The van der Waals surface area contributed by atoms with Gasteiger partial charge in [0.05, 0.1) is 18.2 Å². The molecular formula is C21H24N4O3. The van der Waals surface area contributed by atoms with Gasteiger partial charge in [-0.15, -0.1) is 0 Å². The van der Waals surface area contributed by atoms with Crippen LogP contribution in [0.1, 0.15) is 35.4 Å². The van der Waals surface area contributed by atoms with Gasteiger partial charge in [0.1, 0.15) is 17.4 Å². The average Bonchev–Trinajstić information content (AvgIpc) is 3.38. The first kappa shape index (κ1) is 18.5. The number of hydrogen-bond donors (Lipinski definition) is 1. The molecule has 4 rings (SSSR count). The molecule has 28 heavy (non-hydrogen) atoms. The molecule has 2 atom stereocenters. The molecule has 7 nitrogen and oxygen atoms in total. The second-order valence-corrected chi connectivity index (χ2v) is 7.60. The Bertz CT molecular complexity index is 945. The molecule has 2 aromatic rings. The van der Waals surface area contributed by atoms with Crippen LogP contribution >= 0.6 is 0 Å². The van der Waals surface area contributed by atoms with Gasteiger partial charge in [-0.2, -0.15) is 5.26 Å². The normalized spacial score (nSPS) is 22.5. The van der Waals surface area contributed by atoms with E-state index in [1.165, 1.54) is 0 Å². The van der Waals surface area contributed by atoms with Crippen LogP contribution in [-0.2, 0) is 4.79 Å². The zero-order chi connectivity index (χ0) is 19.7. The number of carbonyl (C=O) groups excluding carboxylic acids is 2. The molecule has 1 N–H and O–H groups in total. The molecule has 2 aliphatic rings. The fourth-order valence-corrected chi connectivity index (χ4v) is 4.28. The van der Waals surface area contributed by atoms with Crippen molar-refractivity contribution in [3.63, 3.8) is 0 Å². The lowest BCUT2D eigenvalue weighted by molar-refractivity contribution is -0.132. The summed E-state index contributed by atoms with van der Waals surface area (Å²) in [7, 11) is 0. The summed E-state index contributed by atoms with van der Waals surface area (Å²) in [5, 5.41) is 13.1. The lowest BCUT2D eigenvalue weighted by Gasteiger charge is -2.23. The molecule has 2 amide bonds. The van der Waals surface area contributed by atoms with Crippen molar-refractivity contribution in [1.29, 1.82) is 5.26 Å². The Balaban J connectivity index is 1.36. The van der Waals surface area contributed by atoms with E-state index in [0.29, 0.717) is 36.5 Å². The van der Waals surface area contributed by atoms with Crippen molar-refractivity contribution >= 4 is 22.8 Å². The molecule has 0 saturated carbocycles. The minimum Gasteiger partial charge on any atom is -0.461 e. The van der Waals surface area contributed by atoms with Crippen molar-refractivity contribution in [2.75, 3.05) is 26.2 Å². The van der Waals surface area contributed by atoms with Crippen molar-refractivity contribution in [2.45, 2.75) is 38.3 Å². The van der Waals surface area contributed by atoms with Crippen LogP contribution in [0.2, 0.25) is 0 Å². The third kappa shape index (κ3) is 3.48. The van der Waals surface area contributed by atoms with Crippen LogP contribution in [0.4, 0.5) is 0 Å². The molecule has 1 aromatic heterocycles. The molecule has 146 valence electrons. The molecule has 0 radical (unpaired) electrons. The lowest BCUT2D eigenvalue weighted by atomic mass is 10.1. The summed E-state index contributed by atoms with van der Waals surface area (Å²) in [4.78, 5) is 29.1. The van der Waals surface area contributed by atoms with Crippen LogP contribution < -0.4 is 5.32 Å². The lowest BCUT2D eigenvalue weighted by Crippen LogP contribution is -2.43. The summed E-state index contributed by atoms with van der Waals surface area (Å²) >= 11 is 0. The largest absolute Gasteiger partial charge is 0.461 e. The van der Waals surface area contributed by atoms with Crippen molar-refractivity contribution in [2.24, 2.45) is 0 Å². The van der Waals surface area contributed by atoms with E-state index < -0.39 is 0 Å². The van der Waals surface area contributed by atoms with E-state index in [4.69, 9.17) is 9.68 Å². The predicted molar refractivity (Wildman–Crippen MR) is 104 cm³/mol. The van der Waals surface area contributed by atoms with Gasteiger partial charge in [-0.05, 0) is 32.3 Å². The maximum absolute atomic E-state index is 12.8. The molecule has 3 heterocycles. The Morgan fingerprint density at radius 2 is 2.11 bits per heavy atom. The second kappa shape index (κ2) is 7.64. The van der Waals surface area contributed by atoms with Gasteiger partial charge < -0.3 is 14.6 Å². The van der Waals surface area contributed by atoms with E-state index in [2.05, 4.69) is 16.3 Å². The highest BCUT2D eigenvalue weighted by molar-refractivity contribution is 6.07. The molecule has 2 saturated heterocycles. The zero-order valence-electron chi connectivity index (χ0n) is 16.0. The Labute approximate surface area is 163 Å². The van der Waals surface area contributed by atoms with Gasteiger partial charge in [-0.1, -0.05) is 18.2 Å². The molecule has 0 bridgehead atoms. The summed E-state index contributed by atoms with van der Waals surface area (Å²) in [6.07, 6.45) is 2.45. The van der Waals surface area contributed by atoms with Crippen molar-refractivity contribution in [3.05, 3.63) is 35.6 Å². The van der Waals surface area contributed by atoms with Crippen molar-refractivity contribution in [1.82, 2.24) is 15.1 Å². The van der Waals surface area contributed by atoms with Gasteiger partial charge in [-0.25, -0.2) is 0 Å². The number of nitriles is 1. The molecule has 0 unspecified atom stereocenters. The maximum atomic E-state index is 12.8. The Morgan fingerprint density at radius 3 is 2.93 bits per heavy atom. The van der Waals surface area contributed by atoms with Crippen molar-refractivity contribution in [3.8, 4) is 6.07 Å². The number of likely N-dealkylation sites (tertiary alicyclic amines) is 2. The smallest absolute Gasteiger partial charge is 0.255 e. The number of nitrogens with one attached hydrogen (secondary N) is 1. The highest BCUT2D eigenvalue weighted by Crippen LogP contribution is 2.25. The molecule has 0 aliphatic carbocycles. The van der Waals surface area contributed by atoms with Gasteiger partial charge in [0, 0.05) is 31.1 Å². The Morgan fingerprint density at radius 1 is 1.29 bits per heavy atom. The van der Waals surface area contributed by atoms with Gasteiger partial charge in [-0.3, -0.25) is 14.5 Å². The number of aryl methyl sites for hydroxylation is 1. The van der Waals surface area contributed by atoms with Crippen LogP contribution in [-0.4, -0.2) is 59.9 Å². The number of amides is 2. The second-order valence-electron chi connectivity index (χ2n) is 7.60. The SMILES string of the molecule is Cc1oc2ccccc2c1C(=O)N[C@H]1CCN(CC(=O)N2CCC[C@H]2C#N)C1. The standard InChI is InChI=1S/C21H24N4O3/c1-14-20(17-6-2-3-7-18(17)28-14)21(27)23-15-8-10-24(12-15)13-19(26)25-9-4-5-16(25)11-22/h2-3,6-7,15-16H,4-5,8-10,12-13H2,1H3,(H,23,27)/t15-,16-/m0/s1. The predicted octanol–water partition coefficient (Wildman–Crippen LogP) is 2.06. The van der Waals surface area contributed by atoms with Gasteiger partial charge in [0.2, 0.25) is 5.91 Å². The van der Waals surface area contributed by atoms with Gasteiger partial charge in [0.15, 0.2) is 0 Å². The van der Waals surface area contributed by atoms with Crippen LogP contribution in [0, 0.1) is 18.3 Å². The highest BCUT2D eigenvalue weighted by atomic mass is 16.3. The maximum Gasteiger partial charge on any atom is 0.255 e. The van der Waals surface area contributed by atoms with Crippen LogP contribution in [0.15, 0.2) is 28.7 Å². The summed E-state index contributed by atoms with van der Waals surface area (Å²) in [5.74, 6) is 0.484. The summed E-state index contributed by atoms with van der Waals surface area (Å²) in [5.41, 5.74) is 1.29. The first-order valence-electron chi connectivity index (χ1n) is 9.77. The third-order valence-electron chi connectivity index (χ3n) is 5.69. The quantitative estimate of drug-likeness (QED) is 0.877. The number of nitrogens with zero attached hydrogens (tertiary/aromatic N) is 3. The van der Waals surface area contributed by atoms with E-state index in [-0.39, 0.29) is 23.9 Å². The number of fused-ring (bicyclic) bond motifs is 1. The topological polar surface area (TPSA) is 89.6 Å². The highest BCUT2D eigenvalue weighted by Gasteiger charge is 2.32. The van der Waals surface area contributed by atoms with E-state index >= 15 is 0 Å². The van der Waals surface area contributed by atoms with Crippen LogP contribution in [0.25, 0.3) is 11.0 Å². The minimum absolute atomic E-state index is 0.00120. The number of hydrogen-bond acceptors (Lipinski definition) is 5. The monoisotopic (exact) mass is 380 g/mol. The molecule has 2 aliphatic heterocycles. The summed E-state index contributed by atoms with van der Waals surface area (Å²) in [6.45, 7) is 4.16. The number of furan rings is 1. The first-order valence-corrected chi connectivity index (χ1v) is 9.77. The van der Waals surface area contributed by atoms with Crippen LogP contribution in [0.5, 0.6) is 0 Å². The minimum atomic E-state index is -0.289. The molecular weight excluding hydrogens is 356 g/mol. The molecule has 2 fully saturated rings. The number of benzene rings is 1. The van der Waals surface area contributed by atoms with Gasteiger partial charge in [0.25, 0.3) is 5.91 Å². The Kier molecular flexibility index (Phi) is 5.05. The fraction of sp³-hybridized carbons (Fsp3) is 0.476. The number of carbonyl (C=O) groups is 2. The number of rotatable bonds is 4. The van der Waals surface area contributed by atoms with E-state index in [1.54, 1.807) is 11.8 Å². The molecule has 1 aromatic carbocycles. The summed E-state index contributed by atoms with van der Waals surface area (Å²) < 4.78 is 5.69. The van der Waals surface area contributed by atoms with E-state index in [0.717, 1.165) is 31.2 Å². The van der Waals surface area contributed by atoms with E-state index in [1.807, 2.05) is 24.3 Å². The number of para-hydroxylation sites is 1. The molecule has 0 spiro atoms. The third-order valence-corrected chi connectivity index (χ3v) is 5.69. The first-order chi connectivity index (χ1) is 13.6. The Hall–Kier alpha value is -2.85. The average molecular weight is 380 g/mol.